The fourth-order valence-electron chi connectivity index (χ4n) is 2.58. The van der Waals surface area contributed by atoms with Crippen molar-refractivity contribution in [1.29, 1.82) is 0 Å². The van der Waals surface area contributed by atoms with Crippen LogP contribution in [0.3, 0.4) is 0 Å². The number of aromatic nitrogens is 1. The largest absolute Gasteiger partial charge is 0.396 e. The number of rotatable bonds is 6. The first-order valence-corrected chi connectivity index (χ1v) is 6.70. The fraction of sp³-hybridized carbons (Fsp3) is 0.769. The van der Waals surface area contributed by atoms with Gasteiger partial charge in [0, 0.05) is 24.9 Å². The standard InChI is InChI=1S/C13H20N2O3/c16-5-4-12-6-11(15-18-12)7-13(8-17-9-13)14-10-2-1-3-10/h6,10,14,16H,1-5,7-9H2. The van der Waals surface area contributed by atoms with Crippen LogP contribution in [0.25, 0.3) is 0 Å². The van der Waals surface area contributed by atoms with Crippen LogP contribution in [0, 0.1) is 0 Å². The van der Waals surface area contributed by atoms with E-state index in [0.29, 0.717) is 12.5 Å². The normalized spacial score (nSPS) is 22.5. The Morgan fingerprint density at radius 1 is 1.44 bits per heavy atom. The van der Waals surface area contributed by atoms with Crippen molar-refractivity contribution in [2.24, 2.45) is 0 Å². The fourth-order valence-corrected chi connectivity index (χ4v) is 2.58. The quantitative estimate of drug-likeness (QED) is 0.778. The molecule has 0 amide bonds. The van der Waals surface area contributed by atoms with Gasteiger partial charge in [-0.15, -0.1) is 0 Å². The number of aliphatic hydroxyl groups excluding tert-OH is 1. The molecule has 0 radical (unpaired) electrons. The molecule has 0 spiro atoms. The lowest BCUT2D eigenvalue weighted by molar-refractivity contribution is -0.0838. The molecule has 1 aromatic heterocycles. The smallest absolute Gasteiger partial charge is 0.139 e. The first-order valence-electron chi connectivity index (χ1n) is 6.70. The number of hydrogen-bond acceptors (Lipinski definition) is 5. The Balaban J connectivity index is 1.61. The van der Waals surface area contributed by atoms with Gasteiger partial charge in [-0.2, -0.15) is 0 Å². The van der Waals surface area contributed by atoms with Gasteiger partial charge >= 0.3 is 0 Å². The maximum Gasteiger partial charge on any atom is 0.139 e. The van der Waals surface area contributed by atoms with Crippen LogP contribution < -0.4 is 5.32 Å². The minimum absolute atomic E-state index is 0.0540. The highest BCUT2D eigenvalue weighted by atomic mass is 16.5. The van der Waals surface area contributed by atoms with E-state index < -0.39 is 0 Å². The molecule has 5 nitrogen and oxygen atoms in total. The van der Waals surface area contributed by atoms with E-state index in [0.717, 1.165) is 31.1 Å². The molecule has 1 aliphatic carbocycles. The van der Waals surface area contributed by atoms with E-state index in [1.165, 1.54) is 19.3 Å². The van der Waals surface area contributed by atoms with Gasteiger partial charge in [0.15, 0.2) is 0 Å². The van der Waals surface area contributed by atoms with E-state index in [9.17, 15) is 0 Å². The molecule has 0 aromatic carbocycles. The monoisotopic (exact) mass is 252 g/mol. The number of nitrogens with zero attached hydrogens (tertiary/aromatic N) is 1. The van der Waals surface area contributed by atoms with Crippen molar-refractivity contribution in [2.45, 2.75) is 43.7 Å². The van der Waals surface area contributed by atoms with E-state index in [-0.39, 0.29) is 12.1 Å². The zero-order chi connectivity index (χ0) is 12.4. The van der Waals surface area contributed by atoms with Crippen LogP contribution >= 0.6 is 0 Å². The number of hydrogen-bond donors (Lipinski definition) is 2. The third-order valence-corrected chi connectivity index (χ3v) is 3.86. The molecule has 3 rings (SSSR count). The summed E-state index contributed by atoms with van der Waals surface area (Å²) in [4.78, 5) is 0. The van der Waals surface area contributed by atoms with Gasteiger partial charge in [-0.25, -0.2) is 0 Å². The summed E-state index contributed by atoms with van der Waals surface area (Å²) in [5.74, 6) is 0.756. The molecule has 1 saturated heterocycles. The van der Waals surface area contributed by atoms with Crippen molar-refractivity contribution < 1.29 is 14.4 Å². The minimum atomic E-state index is 0.0540. The Morgan fingerprint density at radius 3 is 2.83 bits per heavy atom. The van der Waals surface area contributed by atoms with Crippen molar-refractivity contribution in [3.05, 3.63) is 17.5 Å². The molecule has 2 aliphatic rings. The SMILES string of the molecule is OCCc1cc(CC2(NC3CCC3)COC2)no1. The molecule has 1 aromatic rings. The second-order valence-corrected chi connectivity index (χ2v) is 5.48. The molecule has 0 unspecified atom stereocenters. The van der Waals surface area contributed by atoms with Gasteiger partial charge in [0.05, 0.1) is 31.1 Å². The minimum Gasteiger partial charge on any atom is -0.396 e. The van der Waals surface area contributed by atoms with Crippen molar-refractivity contribution in [3.63, 3.8) is 0 Å². The molecule has 0 atom stereocenters. The third kappa shape index (κ3) is 2.43. The molecule has 100 valence electrons. The van der Waals surface area contributed by atoms with Crippen LogP contribution in [0.15, 0.2) is 10.6 Å². The van der Waals surface area contributed by atoms with Crippen LogP contribution in [0.5, 0.6) is 0 Å². The Bertz CT molecular complexity index is 397. The van der Waals surface area contributed by atoms with Gasteiger partial charge < -0.3 is 19.7 Å². The van der Waals surface area contributed by atoms with Gasteiger partial charge in [0.25, 0.3) is 0 Å². The Labute approximate surface area is 106 Å². The highest BCUT2D eigenvalue weighted by Crippen LogP contribution is 2.28. The molecule has 2 heterocycles. The predicted molar refractivity (Wildman–Crippen MR) is 65.3 cm³/mol. The molecule has 1 saturated carbocycles. The summed E-state index contributed by atoms with van der Waals surface area (Å²) in [7, 11) is 0. The van der Waals surface area contributed by atoms with E-state index in [1.54, 1.807) is 0 Å². The van der Waals surface area contributed by atoms with Crippen LogP contribution in [-0.4, -0.2) is 41.7 Å². The lowest BCUT2D eigenvalue weighted by atomic mass is 9.85. The Morgan fingerprint density at radius 2 is 2.28 bits per heavy atom. The van der Waals surface area contributed by atoms with E-state index in [2.05, 4.69) is 10.5 Å². The van der Waals surface area contributed by atoms with Gasteiger partial charge in [-0.1, -0.05) is 11.6 Å². The van der Waals surface area contributed by atoms with Crippen molar-refractivity contribution >= 4 is 0 Å². The highest BCUT2D eigenvalue weighted by Gasteiger charge is 2.41. The summed E-state index contributed by atoms with van der Waals surface area (Å²) in [5, 5.41) is 16.6. The molecule has 18 heavy (non-hydrogen) atoms. The van der Waals surface area contributed by atoms with Crippen molar-refractivity contribution in [2.75, 3.05) is 19.8 Å². The molecule has 2 N–H and O–H groups in total. The summed E-state index contributed by atoms with van der Waals surface area (Å²) in [6.45, 7) is 1.61. The average molecular weight is 252 g/mol. The second kappa shape index (κ2) is 4.99. The van der Waals surface area contributed by atoms with Crippen molar-refractivity contribution in [1.82, 2.24) is 10.5 Å². The average Bonchev–Trinajstić information content (AvgIpc) is 2.67. The number of ether oxygens (including phenoxy) is 1. The van der Waals surface area contributed by atoms with Gasteiger partial charge in [-0.05, 0) is 12.8 Å². The summed E-state index contributed by atoms with van der Waals surface area (Å²) in [5.41, 5.74) is 1.01. The van der Waals surface area contributed by atoms with Crippen LogP contribution in [0.2, 0.25) is 0 Å². The second-order valence-electron chi connectivity index (χ2n) is 5.48. The molecular weight excluding hydrogens is 232 g/mol. The maximum absolute atomic E-state index is 8.86. The summed E-state index contributed by atoms with van der Waals surface area (Å²) < 4.78 is 10.6. The molecule has 1 aliphatic heterocycles. The van der Waals surface area contributed by atoms with Gasteiger partial charge in [0.2, 0.25) is 0 Å². The number of nitrogens with one attached hydrogen (secondary N) is 1. The Hall–Kier alpha value is -0.910. The summed E-state index contributed by atoms with van der Waals surface area (Å²) >= 11 is 0. The first kappa shape index (κ1) is 12.1. The maximum atomic E-state index is 8.86. The number of aliphatic hydroxyl groups is 1. The zero-order valence-corrected chi connectivity index (χ0v) is 10.5. The van der Waals surface area contributed by atoms with E-state index >= 15 is 0 Å². The van der Waals surface area contributed by atoms with Gasteiger partial charge in [0.1, 0.15) is 5.76 Å². The van der Waals surface area contributed by atoms with Gasteiger partial charge in [-0.3, -0.25) is 0 Å². The first-order chi connectivity index (χ1) is 8.80. The lowest BCUT2D eigenvalue weighted by Crippen LogP contribution is -2.65. The molecule has 5 heteroatoms. The topological polar surface area (TPSA) is 67.5 Å². The summed E-state index contributed by atoms with van der Waals surface area (Å²) in [6.07, 6.45) is 5.26. The lowest BCUT2D eigenvalue weighted by Gasteiger charge is -2.46. The highest BCUT2D eigenvalue weighted by molar-refractivity contribution is 5.13. The van der Waals surface area contributed by atoms with Crippen LogP contribution in [0.4, 0.5) is 0 Å². The van der Waals surface area contributed by atoms with Crippen LogP contribution in [-0.2, 0) is 17.6 Å². The predicted octanol–water partition coefficient (Wildman–Crippen LogP) is 0.663. The van der Waals surface area contributed by atoms with E-state index in [1.807, 2.05) is 6.07 Å². The third-order valence-electron chi connectivity index (χ3n) is 3.86. The summed E-state index contributed by atoms with van der Waals surface area (Å²) in [6, 6.07) is 2.59. The molecule has 0 bridgehead atoms. The van der Waals surface area contributed by atoms with E-state index in [4.69, 9.17) is 14.4 Å². The van der Waals surface area contributed by atoms with Crippen LogP contribution in [0.1, 0.15) is 30.7 Å². The molecule has 2 fully saturated rings. The zero-order valence-electron chi connectivity index (χ0n) is 10.5. The Kier molecular flexibility index (Phi) is 3.37. The molecular formula is C13H20N2O3. The van der Waals surface area contributed by atoms with Crippen molar-refractivity contribution in [3.8, 4) is 0 Å².